The van der Waals surface area contributed by atoms with Crippen LogP contribution in [0, 0.1) is 0 Å². The molecule has 0 amide bonds. The van der Waals surface area contributed by atoms with Gasteiger partial charge in [-0.25, -0.2) is 0 Å². The van der Waals surface area contributed by atoms with Crippen molar-refractivity contribution >= 4 is 35.8 Å². The van der Waals surface area contributed by atoms with Gasteiger partial charge >= 0.3 is 4.77 Å². The predicted molar refractivity (Wildman–Crippen MR) is 41.4 cm³/mol. The van der Waals surface area contributed by atoms with Crippen LogP contribution in [0.2, 0.25) is 0 Å². The maximum atomic E-state index is 10.6. The molecule has 0 heterocycles. The van der Waals surface area contributed by atoms with E-state index < -0.39 is 4.77 Å². The summed E-state index contributed by atoms with van der Waals surface area (Å²) in [6.45, 7) is 5.01. The quantitative estimate of drug-likeness (QED) is 0.564. The Balaban J connectivity index is 3.74. The summed E-state index contributed by atoms with van der Waals surface area (Å²) >= 11 is 5.54. The van der Waals surface area contributed by atoms with Crippen LogP contribution < -0.4 is 0 Å². The Bertz CT molecular complexity index is 138. The molecule has 0 bridgehead atoms. The van der Waals surface area contributed by atoms with Gasteiger partial charge in [0.2, 0.25) is 0 Å². The average molecular weight is 264 g/mol. The molecule has 0 aromatic heterocycles. The molecule has 0 unspecified atom stereocenters. The van der Waals surface area contributed by atoms with E-state index in [2.05, 4.69) is 42.1 Å². The summed E-state index contributed by atoms with van der Waals surface area (Å²) in [5.41, 5.74) is 0. The second kappa shape index (κ2) is 3.04. The van der Waals surface area contributed by atoms with Crippen molar-refractivity contribution in [3.8, 4) is 0 Å². The zero-order valence-electron chi connectivity index (χ0n) is 4.23. The van der Waals surface area contributed by atoms with Gasteiger partial charge in [0, 0.05) is 31.0 Å². The van der Waals surface area contributed by atoms with Gasteiger partial charge in [0.25, 0.3) is 0 Å². The molecule has 0 rings (SSSR count). The minimum absolute atomic E-state index is 0.419. The lowest BCUT2D eigenvalue weighted by Crippen LogP contribution is -1.70. The first-order chi connectivity index (χ1) is 3.42. The van der Waals surface area contributed by atoms with E-state index in [4.69, 9.17) is 0 Å². The third kappa shape index (κ3) is 6.73. The molecule has 0 spiro atoms. The summed E-state index contributed by atoms with van der Waals surface area (Å²) in [4.78, 5) is 0. The second-order valence-electron chi connectivity index (χ2n) is 1.21. The molecule has 0 N–H and O–H groups in total. The van der Waals surface area contributed by atoms with Crippen LogP contribution in [-0.4, -0.2) is 0 Å². The minimum atomic E-state index is -2.70. The molecule has 0 aromatic rings. The van der Waals surface area contributed by atoms with Crippen LogP contribution in [0.5, 0.6) is 0 Å². The largest absolute Gasteiger partial charge is 0.434 e. The molecular weight excluding hydrogens is 259 g/mol. The van der Waals surface area contributed by atoms with E-state index in [9.17, 15) is 4.57 Å². The number of hydrogen-bond acceptors (Lipinski definition) is 2. The van der Waals surface area contributed by atoms with Gasteiger partial charge in [-0.05, 0) is 6.92 Å². The van der Waals surface area contributed by atoms with E-state index in [-0.39, 0.29) is 0 Å². The molecule has 2 nitrogen and oxygen atoms in total. The van der Waals surface area contributed by atoms with Gasteiger partial charge in [-0.3, -0.25) is 4.57 Å². The number of allylic oxidation sites excluding steroid dienone is 1. The molecule has 0 aliphatic carbocycles. The predicted octanol–water partition coefficient (Wildman–Crippen LogP) is 3.43. The maximum absolute atomic E-state index is 10.6. The normalized spacial score (nSPS) is 10.9. The molecule has 0 radical (unpaired) electrons. The molecule has 0 atom stereocenters. The molecule has 0 fully saturated rings. The van der Waals surface area contributed by atoms with Crippen LogP contribution in [0.4, 0.5) is 0 Å². The van der Waals surface area contributed by atoms with Gasteiger partial charge in [-0.2, -0.15) is 0 Å². The van der Waals surface area contributed by atoms with E-state index >= 15 is 0 Å². The Morgan fingerprint density at radius 1 is 1.75 bits per heavy atom. The molecule has 48 valence electrons. The van der Waals surface area contributed by atoms with Crippen LogP contribution in [0.1, 0.15) is 6.92 Å². The zero-order valence-corrected chi connectivity index (χ0v) is 8.29. The summed E-state index contributed by atoms with van der Waals surface area (Å²) in [6.07, 6.45) is 0. The minimum Gasteiger partial charge on any atom is -0.434 e. The fourth-order valence-corrected chi connectivity index (χ4v) is 2.03. The fraction of sp³-hybridized carbons (Fsp3) is 0.333. The molecular formula is C3H5Br2O2P. The highest BCUT2D eigenvalue weighted by atomic mass is 79.9. The van der Waals surface area contributed by atoms with Crippen molar-refractivity contribution in [2.24, 2.45) is 0 Å². The standard InChI is InChI=1S/C3H5Br2O2P/c1-3(2)7-8(4,5)6/h1H2,2H3. The first-order valence-electron chi connectivity index (χ1n) is 1.76. The third-order valence-electron chi connectivity index (χ3n) is 0.262. The monoisotopic (exact) mass is 262 g/mol. The van der Waals surface area contributed by atoms with Gasteiger partial charge in [0.05, 0.1) is 5.76 Å². The molecule has 0 aliphatic heterocycles. The van der Waals surface area contributed by atoms with Crippen molar-refractivity contribution in [2.45, 2.75) is 6.92 Å². The molecule has 5 heteroatoms. The Morgan fingerprint density at radius 3 is 2.12 bits per heavy atom. The lowest BCUT2D eigenvalue weighted by atomic mass is 10.7. The smallest absolute Gasteiger partial charge is 0.373 e. The van der Waals surface area contributed by atoms with Gasteiger partial charge in [0.1, 0.15) is 0 Å². The fourth-order valence-electron chi connectivity index (χ4n) is 0.181. The van der Waals surface area contributed by atoms with Crippen molar-refractivity contribution in [1.29, 1.82) is 0 Å². The Labute approximate surface area is 64.2 Å². The van der Waals surface area contributed by atoms with Gasteiger partial charge in [-0.15, -0.1) is 0 Å². The van der Waals surface area contributed by atoms with Crippen molar-refractivity contribution < 1.29 is 9.09 Å². The van der Waals surface area contributed by atoms with Crippen molar-refractivity contribution in [3.63, 3.8) is 0 Å². The van der Waals surface area contributed by atoms with Crippen molar-refractivity contribution in [3.05, 3.63) is 12.3 Å². The van der Waals surface area contributed by atoms with E-state index in [0.29, 0.717) is 5.76 Å². The molecule has 0 aromatic carbocycles. The van der Waals surface area contributed by atoms with Crippen LogP contribution in [0.3, 0.4) is 0 Å². The third-order valence-corrected chi connectivity index (χ3v) is 1.66. The summed E-state index contributed by atoms with van der Waals surface area (Å²) in [6, 6.07) is 0. The van der Waals surface area contributed by atoms with Crippen LogP contribution in [0.15, 0.2) is 12.3 Å². The number of halogens is 2. The van der Waals surface area contributed by atoms with Crippen LogP contribution >= 0.6 is 35.8 Å². The van der Waals surface area contributed by atoms with E-state index in [0.717, 1.165) is 0 Å². The summed E-state index contributed by atoms with van der Waals surface area (Å²) in [5.74, 6) is 0.419. The number of hydrogen-bond donors (Lipinski definition) is 0. The first-order valence-corrected chi connectivity index (χ1v) is 7.42. The Morgan fingerprint density at radius 2 is 2.12 bits per heavy atom. The number of rotatable bonds is 2. The average Bonchev–Trinajstić information content (AvgIpc) is 1.21. The van der Waals surface area contributed by atoms with Crippen molar-refractivity contribution in [2.75, 3.05) is 0 Å². The lowest BCUT2D eigenvalue weighted by molar-refractivity contribution is 0.439. The summed E-state index contributed by atoms with van der Waals surface area (Å²) < 4.78 is 12.5. The van der Waals surface area contributed by atoms with Gasteiger partial charge in [-0.1, -0.05) is 6.58 Å². The Kier molecular flexibility index (Phi) is 3.32. The zero-order chi connectivity index (χ0) is 6.78. The molecule has 0 saturated carbocycles. The highest BCUT2D eigenvalue weighted by Gasteiger charge is 2.11. The summed E-state index contributed by atoms with van der Waals surface area (Å²) in [7, 11) is 0. The lowest BCUT2D eigenvalue weighted by Gasteiger charge is -2.03. The molecule has 0 aliphatic rings. The topological polar surface area (TPSA) is 26.3 Å². The summed E-state index contributed by atoms with van der Waals surface area (Å²) in [5, 5.41) is 0. The first kappa shape index (κ1) is 8.73. The Hall–Kier alpha value is 0.730. The van der Waals surface area contributed by atoms with Gasteiger partial charge in [0.15, 0.2) is 0 Å². The molecule has 0 saturated heterocycles. The van der Waals surface area contributed by atoms with Crippen molar-refractivity contribution in [1.82, 2.24) is 0 Å². The SMILES string of the molecule is C=C(C)OP(=O)(Br)Br. The maximum Gasteiger partial charge on any atom is 0.373 e. The van der Waals surface area contributed by atoms with E-state index in [1.54, 1.807) is 6.92 Å². The highest BCUT2D eigenvalue weighted by Crippen LogP contribution is 2.63. The van der Waals surface area contributed by atoms with E-state index in [1.165, 1.54) is 0 Å². The van der Waals surface area contributed by atoms with Gasteiger partial charge < -0.3 is 4.52 Å². The van der Waals surface area contributed by atoms with Crippen LogP contribution in [-0.2, 0) is 9.09 Å². The second-order valence-corrected chi connectivity index (χ2v) is 10.7. The van der Waals surface area contributed by atoms with Crippen LogP contribution in [0.25, 0.3) is 0 Å². The van der Waals surface area contributed by atoms with E-state index in [1.807, 2.05) is 0 Å². The molecule has 8 heavy (non-hydrogen) atoms. The highest BCUT2D eigenvalue weighted by molar-refractivity contribution is 9.70.